The minimum atomic E-state index is -0.415. The van der Waals surface area contributed by atoms with Crippen molar-refractivity contribution >= 4 is 15.9 Å². The molecule has 1 atom stereocenters. The number of aromatic amines is 1. The van der Waals surface area contributed by atoms with Gasteiger partial charge >= 0.3 is 5.69 Å². The first-order valence-electron chi connectivity index (χ1n) is 8.68. The number of hydrogen-bond acceptors (Lipinski definition) is 2. The number of rotatable bonds is 2. The molecule has 1 aromatic heterocycles. The van der Waals surface area contributed by atoms with E-state index in [0.717, 1.165) is 22.9 Å². The molecule has 1 aliphatic carbocycles. The third-order valence-electron chi connectivity index (χ3n) is 5.42. The second-order valence-corrected chi connectivity index (χ2v) is 7.96. The normalized spacial score (nSPS) is 18.3. The average Bonchev–Trinajstić information content (AvgIpc) is 2.61. The number of nitrogens with one attached hydrogen (secondary N) is 1. The van der Waals surface area contributed by atoms with Crippen molar-refractivity contribution in [3.05, 3.63) is 85.0 Å². The van der Waals surface area contributed by atoms with Crippen molar-refractivity contribution in [2.24, 2.45) is 0 Å². The fourth-order valence-electron chi connectivity index (χ4n) is 3.88. The molecule has 0 bridgehead atoms. The zero-order chi connectivity index (χ0) is 18.5. The van der Waals surface area contributed by atoms with Gasteiger partial charge in [-0.3, -0.25) is 4.79 Å². The summed E-state index contributed by atoms with van der Waals surface area (Å²) in [6.45, 7) is 4.19. The Balaban J connectivity index is 2.10. The molecule has 4 nitrogen and oxygen atoms in total. The molecule has 3 aromatic rings. The van der Waals surface area contributed by atoms with Crippen molar-refractivity contribution < 1.29 is 0 Å². The van der Waals surface area contributed by atoms with Crippen LogP contribution in [0.3, 0.4) is 0 Å². The first kappa shape index (κ1) is 17.0. The van der Waals surface area contributed by atoms with Crippen LogP contribution >= 0.6 is 15.9 Å². The van der Waals surface area contributed by atoms with Crippen molar-refractivity contribution in [3.63, 3.8) is 0 Å². The molecule has 5 heteroatoms. The predicted octanol–water partition coefficient (Wildman–Crippen LogP) is 4.18. The zero-order valence-electron chi connectivity index (χ0n) is 14.7. The fraction of sp³-hybridized carbons (Fsp3) is 0.238. The van der Waals surface area contributed by atoms with Gasteiger partial charge in [-0.25, -0.2) is 9.36 Å². The lowest BCUT2D eigenvalue weighted by Gasteiger charge is -2.35. The summed E-state index contributed by atoms with van der Waals surface area (Å²) < 4.78 is 2.06. The topological polar surface area (TPSA) is 54.9 Å². The SMILES string of the molecule is CC[C@]1(C)Cc2ccccc2-c2[nH]c(=O)n(-c3cccc(Br)c3)c(=O)c21. The van der Waals surface area contributed by atoms with Crippen molar-refractivity contribution in [1.29, 1.82) is 0 Å². The van der Waals surface area contributed by atoms with Crippen LogP contribution in [0.25, 0.3) is 16.9 Å². The molecule has 0 aliphatic heterocycles. The van der Waals surface area contributed by atoms with Gasteiger partial charge in [-0.1, -0.05) is 60.1 Å². The van der Waals surface area contributed by atoms with Crippen LogP contribution in [0.15, 0.2) is 62.6 Å². The summed E-state index contributed by atoms with van der Waals surface area (Å²) in [6.07, 6.45) is 1.60. The van der Waals surface area contributed by atoms with E-state index in [2.05, 4.69) is 40.8 Å². The van der Waals surface area contributed by atoms with E-state index in [1.54, 1.807) is 12.1 Å². The summed E-state index contributed by atoms with van der Waals surface area (Å²) in [5, 5.41) is 0. The van der Waals surface area contributed by atoms with E-state index >= 15 is 0 Å². The molecule has 26 heavy (non-hydrogen) atoms. The van der Waals surface area contributed by atoms with Gasteiger partial charge in [-0.15, -0.1) is 0 Å². The largest absolute Gasteiger partial charge is 0.333 e. The van der Waals surface area contributed by atoms with Gasteiger partial charge in [0, 0.05) is 21.0 Å². The highest BCUT2D eigenvalue weighted by atomic mass is 79.9. The maximum absolute atomic E-state index is 13.5. The molecule has 2 aromatic carbocycles. The van der Waals surface area contributed by atoms with Gasteiger partial charge in [0.25, 0.3) is 5.56 Å². The first-order chi connectivity index (χ1) is 12.4. The maximum Gasteiger partial charge on any atom is 0.333 e. The van der Waals surface area contributed by atoms with E-state index in [1.807, 2.05) is 30.3 Å². The zero-order valence-corrected chi connectivity index (χ0v) is 16.3. The Labute approximate surface area is 159 Å². The quantitative estimate of drug-likeness (QED) is 0.688. The third kappa shape index (κ3) is 2.50. The molecule has 4 rings (SSSR count). The lowest BCUT2D eigenvalue weighted by atomic mass is 9.69. The monoisotopic (exact) mass is 410 g/mol. The molecule has 1 heterocycles. The summed E-state index contributed by atoms with van der Waals surface area (Å²) in [5.74, 6) is 0. The van der Waals surface area contributed by atoms with Gasteiger partial charge in [-0.2, -0.15) is 0 Å². The van der Waals surface area contributed by atoms with Gasteiger partial charge in [-0.05, 0) is 36.6 Å². The Kier molecular flexibility index (Phi) is 3.99. The molecule has 1 N–H and O–H groups in total. The highest BCUT2D eigenvalue weighted by Gasteiger charge is 2.37. The predicted molar refractivity (Wildman–Crippen MR) is 107 cm³/mol. The molecular weight excluding hydrogens is 392 g/mol. The molecular formula is C21H19BrN2O2. The van der Waals surface area contributed by atoms with Gasteiger partial charge in [0.2, 0.25) is 0 Å². The molecule has 0 saturated heterocycles. The van der Waals surface area contributed by atoms with E-state index in [1.165, 1.54) is 10.1 Å². The minimum absolute atomic E-state index is 0.235. The van der Waals surface area contributed by atoms with Crippen LogP contribution in [0.4, 0.5) is 0 Å². The van der Waals surface area contributed by atoms with Crippen molar-refractivity contribution in [2.45, 2.75) is 32.1 Å². The number of benzene rings is 2. The number of halogens is 1. The van der Waals surface area contributed by atoms with Gasteiger partial charge in [0.15, 0.2) is 0 Å². The van der Waals surface area contributed by atoms with E-state index in [-0.39, 0.29) is 11.0 Å². The lowest BCUT2D eigenvalue weighted by Crippen LogP contribution is -2.44. The molecule has 1 aliphatic rings. The second-order valence-electron chi connectivity index (χ2n) is 7.05. The van der Waals surface area contributed by atoms with Crippen molar-refractivity contribution in [3.8, 4) is 16.9 Å². The lowest BCUT2D eigenvalue weighted by molar-refractivity contribution is 0.437. The summed E-state index contributed by atoms with van der Waals surface area (Å²) in [6, 6.07) is 15.2. The van der Waals surface area contributed by atoms with E-state index in [9.17, 15) is 9.59 Å². The fourth-order valence-corrected chi connectivity index (χ4v) is 4.26. The van der Waals surface area contributed by atoms with Gasteiger partial charge in [0.05, 0.1) is 11.4 Å². The molecule has 132 valence electrons. The van der Waals surface area contributed by atoms with E-state index in [0.29, 0.717) is 16.9 Å². The van der Waals surface area contributed by atoms with Crippen LogP contribution in [0.5, 0.6) is 0 Å². The maximum atomic E-state index is 13.5. The van der Waals surface area contributed by atoms with Crippen LogP contribution in [0.1, 0.15) is 31.4 Å². The second kappa shape index (κ2) is 6.09. The smallest absolute Gasteiger partial charge is 0.306 e. The van der Waals surface area contributed by atoms with Crippen LogP contribution in [-0.2, 0) is 11.8 Å². The molecule has 0 amide bonds. The van der Waals surface area contributed by atoms with Crippen molar-refractivity contribution in [2.75, 3.05) is 0 Å². The van der Waals surface area contributed by atoms with Crippen LogP contribution in [-0.4, -0.2) is 9.55 Å². The Morgan fingerprint density at radius 3 is 2.65 bits per heavy atom. The Bertz CT molecular complexity index is 1130. The summed E-state index contributed by atoms with van der Waals surface area (Å²) in [7, 11) is 0. The molecule has 0 radical (unpaired) electrons. The number of aromatic nitrogens is 2. The first-order valence-corrected chi connectivity index (χ1v) is 9.48. The third-order valence-corrected chi connectivity index (χ3v) is 5.91. The number of hydrogen-bond donors (Lipinski definition) is 1. The van der Waals surface area contributed by atoms with Crippen LogP contribution < -0.4 is 11.2 Å². The summed E-state index contributed by atoms with van der Waals surface area (Å²) in [5.41, 5.74) is 3.06. The van der Waals surface area contributed by atoms with Gasteiger partial charge < -0.3 is 4.98 Å². The average molecular weight is 411 g/mol. The minimum Gasteiger partial charge on any atom is -0.306 e. The molecule has 0 saturated carbocycles. The summed E-state index contributed by atoms with van der Waals surface area (Å²) in [4.78, 5) is 29.3. The Morgan fingerprint density at radius 2 is 1.92 bits per heavy atom. The highest BCUT2D eigenvalue weighted by Crippen LogP contribution is 2.41. The number of H-pyrrole nitrogens is 1. The van der Waals surface area contributed by atoms with Crippen molar-refractivity contribution in [1.82, 2.24) is 9.55 Å². The molecule has 0 spiro atoms. The van der Waals surface area contributed by atoms with Crippen LogP contribution in [0, 0.1) is 0 Å². The Hall–Kier alpha value is -2.40. The Morgan fingerprint density at radius 1 is 1.15 bits per heavy atom. The van der Waals surface area contributed by atoms with E-state index in [4.69, 9.17) is 0 Å². The van der Waals surface area contributed by atoms with E-state index < -0.39 is 5.69 Å². The highest BCUT2D eigenvalue weighted by molar-refractivity contribution is 9.10. The number of nitrogens with zero attached hydrogens (tertiary/aromatic N) is 1. The number of fused-ring (bicyclic) bond motifs is 3. The molecule has 0 fully saturated rings. The van der Waals surface area contributed by atoms with Crippen LogP contribution in [0.2, 0.25) is 0 Å². The van der Waals surface area contributed by atoms with Gasteiger partial charge in [0.1, 0.15) is 0 Å². The summed E-state index contributed by atoms with van der Waals surface area (Å²) >= 11 is 3.41. The molecule has 0 unspecified atom stereocenters. The standard InChI is InChI=1S/C21H19BrN2O2/c1-3-21(2)12-13-7-4-5-10-16(13)18-17(21)19(25)24(20(26)23-18)15-9-6-8-14(22)11-15/h4-11H,3,12H2,1-2H3,(H,23,26)/t21-/m1/s1.